The molecule has 18 N–H and O–H groups in total. The zero-order valence-corrected chi connectivity index (χ0v) is 42.2. The van der Waals surface area contributed by atoms with Crippen LogP contribution >= 0.6 is 0 Å². The van der Waals surface area contributed by atoms with E-state index in [-0.39, 0.29) is 25.3 Å². The Balaban J connectivity index is 3.25. The molecule has 0 radical (unpaired) electrons. The SMILES string of the molecule is CCCCN(CC(=O)N[C@@H](CO)C(N)=O)C(=O)[C@H](CC(C)C)NC(=O)[C@@H](NC(=O)[C@H](C)NC(=O)CNC(=O)[C@H](Cc1ccccc1)NC(=O)[C@H](CC(N)=O)NC(=O)[C@H](CC(N)=O)NC(=O)[C@@H](N)CO)[C@@H](C)CC. The molecule has 9 atom stereocenters. The van der Waals surface area contributed by atoms with Gasteiger partial charge in [0.25, 0.3) is 0 Å². The summed E-state index contributed by atoms with van der Waals surface area (Å²) in [6.07, 6.45) is -0.145. The second-order valence-electron chi connectivity index (χ2n) is 17.9. The third-order valence-electron chi connectivity index (χ3n) is 11.1. The molecular weight excluding hydrogens is 959 g/mol. The maximum Gasteiger partial charge on any atom is 0.245 e. The van der Waals surface area contributed by atoms with E-state index in [0.717, 1.165) is 0 Å². The number of rotatable bonds is 34. The number of carbonyl (C=O) groups excluding carboxylic acids is 12. The first-order valence-corrected chi connectivity index (χ1v) is 23.8. The van der Waals surface area contributed by atoms with Gasteiger partial charge in [0.1, 0.15) is 48.3 Å². The van der Waals surface area contributed by atoms with Crippen LogP contribution in [-0.4, -0.2) is 167 Å². The van der Waals surface area contributed by atoms with E-state index in [1.54, 1.807) is 44.2 Å². The molecule has 408 valence electrons. The molecule has 0 saturated heterocycles. The predicted molar refractivity (Wildman–Crippen MR) is 262 cm³/mol. The Morgan fingerprint density at radius 2 is 1.15 bits per heavy atom. The van der Waals surface area contributed by atoms with Crippen molar-refractivity contribution in [3.8, 4) is 0 Å². The van der Waals surface area contributed by atoms with Crippen molar-refractivity contribution in [2.45, 2.75) is 135 Å². The van der Waals surface area contributed by atoms with Crippen LogP contribution in [0.2, 0.25) is 0 Å². The van der Waals surface area contributed by atoms with E-state index >= 15 is 0 Å². The number of unbranched alkanes of at least 4 members (excludes halogenated alkanes) is 1. The molecule has 73 heavy (non-hydrogen) atoms. The Bertz CT molecular complexity index is 2080. The average molecular weight is 1030 g/mol. The monoisotopic (exact) mass is 1030 g/mol. The summed E-state index contributed by atoms with van der Waals surface area (Å²) in [5.41, 5.74) is 21.8. The van der Waals surface area contributed by atoms with Crippen LogP contribution in [0, 0.1) is 11.8 Å². The van der Waals surface area contributed by atoms with Crippen LogP contribution in [0.1, 0.15) is 85.6 Å². The fourth-order valence-electron chi connectivity index (χ4n) is 6.83. The Morgan fingerprint density at radius 3 is 1.64 bits per heavy atom. The summed E-state index contributed by atoms with van der Waals surface area (Å²) in [6, 6.07) is -3.31. The molecule has 0 aliphatic carbocycles. The Kier molecular flexibility index (Phi) is 28.5. The van der Waals surface area contributed by atoms with Gasteiger partial charge in [-0.2, -0.15) is 0 Å². The van der Waals surface area contributed by atoms with Crippen LogP contribution in [0.3, 0.4) is 0 Å². The normalized spacial score (nSPS) is 14.7. The van der Waals surface area contributed by atoms with Crippen molar-refractivity contribution in [2.24, 2.45) is 34.8 Å². The van der Waals surface area contributed by atoms with E-state index in [1.165, 1.54) is 11.8 Å². The van der Waals surface area contributed by atoms with Crippen LogP contribution in [0.5, 0.6) is 0 Å². The number of aliphatic hydroxyl groups is 2. The van der Waals surface area contributed by atoms with Gasteiger partial charge in [-0.1, -0.05) is 77.8 Å². The molecule has 12 amide bonds. The summed E-state index contributed by atoms with van der Waals surface area (Å²) in [5, 5.41) is 37.9. The van der Waals surface area contributed by atoms with Gasteiger partial charge >= 0.3 is 0 Å². The highest BCUT2D eigenvalue weighted by Crippen LogP contribution is 2.14. The lowest BCUT2D eigenvalue weighted by atomic mass is 9.96. The van der Waals surface area contributed by atoms with Gasteiger partial charge in [0.2, 0.25) is 70.9 Å². The summed E-state index contributed by atoms with van der Waals surface area (Å²) >= 11 is 0. The van der Waals surface area contributed by atoms with E-state index in [1.807, 2.05) is 20.8 Å². The standard InChI is InChI=1S/C46H75N13O14/c1-7-9-15-59(21-37(65)53-33(23-61)39(50)66)46(73)32(16-24(3)4)57-45(72)38(25(5)8-2)58-40(67)26(6)52-36(64)20-51-42(69)29(17-27-13-11-10-12-14-27)55-44(71)31(19-35(49)63)56-43(70)30(18-34(48)62)54-41(68)28(47)22-60/h10-14,24-26,28-33,38,60-61H,7-9,15-23,47H2,1-6H3,(H2,48,62)(H2,49,63)(H2,50,66)(H,51,69)(H,52,64)(H,53,65)(H,54,68)(H,55,71)(H,56,70)(H,57,72)(H,58,67)/t25-,26-,28-,29-,30-,31-,32-,33-,38-/m0/s1. The van der Waals surface area contributed by atoms with Crippen LogP contribution in [-0.2, 0) is 64.0 Å². The number of aliphatic hydroxyl groups excluding tert-OH is 2. The summed E-state index contributed by atoms with van der Waals surface area (Å²) in [4.78, 5) is 157. The molecule has 27 nitrogen and oxygen atoms in total. The number of hydrogen-bond acceptors (Lipinski definition) is 15. The lowest BCUT2D eigenvalue weighted by Gasteiger charge is -2.31. The van der Waals surface area contributed by atoms with Crippen molar-refractivity contribution in [1.29, 1.82) is 0 Å². The summed E-state index contributed by atoms with van der Waals surface area (Å²) in [5.74, 6) is -11.8. The van der Waals surface area contributed by atoms with E-state index in [9.17, 15) is 67.7 Å². The highest BCUT2D eigenvalue weighted by Gasteiger charge is 2.35. The van der Waals surface area contributed by atoms with Gasteiger partial charge in [-0.15, -0.1) is 0 Å². The topological polar surface area (TPSA) is 449 Å². The van der Waals surface area contributed by atoms with Crippen molar-refractivity contribution < 1.29 is 67.7 Å². The van der Waals surface area contributed by atoms with Crippen LogP contribution in [0.4, 0.5) is 0 Å². The largest absolute Gasteiger partial charge is 0.394 e. The number of amides is 12. The summed E-state index contributed by atoms with van der Waals surface area (Å²) in [7, 11) is 0. The Hall–Kier alpha value is -7.26. The van der Waals surface area contributed by atoms with Crippen molar-refractivity contribution in [2.75, 3.05) is 32.8 Å². The Morgan fingerprint density at radius 1 is 0.603 bits per heavy atom. The minimum atomic E-state index is -1.78. The number of primary amides is 3. The lowest BCUT2D eigenvalue weighted by molar-refractivity contribution is -0.141. The lowest BCUT2D eigenvalue weighted by Crippen LogP contribution is -2.60. The first-order chi connectivity index (χ1) is 34.3. The molecule has 1 rings (SSSR count). The van der Waals surface area contributed by atoms with Crippen molar-refractivity contribution in [3.05, 3.63) is 35.9 Å². The molecule has 0 fully saturated rings. The minimum absolute atomic E-state index is 0.116. The number of hydrogen-bond donors (Lipinski definition) is 14. The quantitative estimate of drug-likeness (QED) is 0.0306. The molecule has 0 spiro atoms. The fraction of sp³-hybridized carbons (Fsp3) is 0.609. The number of nitrogens with two attached hydrogens (primary N) is 4. The molecule has 0 bridgehead atoms. The fourth-order valence-corrected chi connectivity index (χ4v) is 6.83. The molecule has 0 aromatic heterocycles. The molecule has 0 aliphatic heterocycles. The third kappa shape index (κ3) is 23.7. The maximum atomic E-state index is 14.0. The zero-order chi connectivity index (χ0) is 55.5. The number of carbonyl (C=O) groups is 12. The van der Waals surface area contributed by atoms with Gasteiger partial charge in [-0.05, 0) is 37.2 Å². The molecule has 1 aromatic rings. The van der Waals surface area contributed by atoms with Crippen molar-refractivity contribution in [3.63, 3.8) is 0 Å². The van der Waals surface area contributed by atoms with Gasteiger partial charge in [0.05, 0.1) is 39.1 Å². The molecule has 0 unspecified atom stereocenters. The highest BCUT2D eigenvalue weighted by molar-refractivity contribution is 5.99. The molecule has 0 heterocycles. The van der Waals surface area contributed by atoms with Crippen LogP contribution < -0.4 is 65.5 Å². The van der Waals surface area contributed by atoms with Gasteiger partial charge in [-0.3, -0.25) is 57.5 Å². The molecule has 27 heteroatoms. The van der Waals surface area contributed by atoms with E-state index < -0.39 is 164 Å². The molecule has 0 saturated carbocycles. The summed E-state index contributed by atoms with van der Waals surface area (Å²) in [6.45, 7) is 7.54. The van der Waals surface area contributed by atoms with E-state index in [4.69, 9.17) is 22.9 Å². The Labute approximate surface area is 423 Å². The molecule has 0 aliphatic rings. The first kappa shape index (κ1) is 63.8. The molecular formula is C46H75N13O14. The van der Waals surface area contributed by atoms with Gasteiger partial charge in [0, 0.05) is 13.0 Å². The average Bonchev–Trinajstić information content (AvgIpc) is 3.33. The van der Waals surface area contributed by atoms with Gasteiger partial charge < -0.3 is 80.6 Å². The number of nitrogens with zero attached hydrogens (tertiary/aromatic N) is 1. The van der Waals surface area contributed by atoms with Crippen molar-refractivity contribution >= 4 is 70.9 Å². The smallest absolute Gasteiger partial charge is 0.245 e. The van der Waals surface area contributed by atoms with E-state index in [0.29, 0.717) is 24.8 Å². The zero-order valence-electron chi connectivity index (χ0n) is 42.2. The van der Waals surface area contributed by atoms with Gasteiger partial charge in [0.15, 0.2) is 0 Å². The predicted octanol–water partition coefficient (Wildman–Crippen LogP) is -5.97. The third-order valence-corrected chi connectivity index (χ3v) is 11.1. The van der Waals surface area contributed by atoms with Crippen molar-refractivity contribution in [1.82, 2.24) is 47.4 Å². The van der Waals surface area contributed by atoms with Crippen LogP contribution in [0.25, 0.3) is 0 Å². The highest BCUT2D eigenvalue weighted by atomic mass is 16.3. The van der Waals surface area contributed by atoms with E-state index in [2.05, 4.69) is 42.5 Å². The minimum Gasteiger partial charge on any atom is -0.394 e. The second kappa shape index (κ2) is 32.7. The summed E-state index contributed by atoms with van der Waals surface area (Å²) < 4.78 is 0. The van der Waals surface area contributed by atoms with Crippen LogP contribution in [0.15, 0.2) is 30.3 Å². The van der Waals surface area contributed by atoms with Gasteiger partial charge in [-0.25, -0.2) is 0 Å². The molecule has 1 aromatic carbocycles. The maximum absolute atomic E-state index is 14.0. The first-order valence-electron chi connectivity index (χ1n) is 23.8. The second-order valence-corrected chi connectivity index (χ2v) is 17.9. The number of nitrogens with one attached hydrogen (secondary N) is 8. The number of benzene rings is 1.